The predicted octanol–water partition coefficient (Wildman–Crippen LogP) is 4.13. The molecule has 49 heavy (non-hydrogen) atoms. The first-order valence-electron chi connectivity index (χ1n) is 17.6. The minimum atomic E-state index is -4.30. The fourth-order valence-corrected chi connectivity index (χ4v) is 9.25. The summed E-state index contributed by atoms with van der Waals surface area (Å²) in [5.74, 6) is -0.448. The highest BCUT2D eigenvalue weighted by Gasteiger charge is 2.64. The van der Waals surface area contributed by atoms with Crippen LogP contribution < -0.4 is 19.5 Å². The average molecular weight is 697 g/mol. The standard InChI is InChI=1S/C36H45FN4O7S/c1-22-8-3-4-9-24-19-36(24,34(44)40-49(45,46)35(21-37)13-14-35)39-32(43)29-18-25(20-41(29)30(42)17-23(2)16-22)48-33-27-11-6-5-10-26(27)31-28(38-33)12-7-15-47-31/h4-6,9-11,22-25,29H,3,7-8,12-21H2,1-2H3,(H,39,43)(H,40,44)/b9-4-/t22-,23-,24-,25-,29+,36-/m1/s1. The van der Waals surface area contributed by atoms with Crippen molar-refractivity contribution < 1.29 is 36.7 Å². The fraction of sp³-hybridized carbons (Fsp3) is 0.611. The largest absolute Gasteiger partial charge is 0.491 e. The summed E-state index contributed by atoms with van der Waals surface area (Å²) in [6.07, 6.45) is 8.22. The van der Waals surface area contributed by atoms with Gasteiger partial charge in [-0.3, -0.25) is 19.1 Å². The second kappa shape index (κ2) is 12.9. The van der Waals surface area contributed by atoms with E-state index in [-0.39, 0.29) is 50.5 Å². The molecule has 4 heterocycles. The third-order valence-corrected chi connectivity index (χ3v) is 13.1. The first kappa shape index (κ1) is 33.7. The summed E-state index contributed by atoms with van der Waals surface area (Å²) >= 11 is 0. The Balaban J connectivity index is 1.18. The molecule has 264 valence electrons. The lowest BCUT2D eigenvalue weighted by molar-refractivity contribution is -0.140. The van der Waals surface area contributed by atoms with Crippen molar-refractivity contribution in [2.24, 2.45) is 17.8 Å². The number of nitrogens with one attached hydrogen (secondary N) is 2. The van der Waals surface area contributed by atoms with Gasteiger partial charge in [0.2, 0.25) is 27.7 Å². The molecule has 0 spiro atoms. The Morgan fingerprint density at radius 2 is 1.94 bits per heavy atom. The molecular formula is C36H45FN4O7S. The third-order valence-electron chi connectivity index (χ3n) is 11.0. The highest BCUT2D eigenvalue weighted by molar-refractivity contribution is 7.91. The van der Waals surface area contributed by atoms with Crippen LogP contribution in [-0.2, 0) is 30.8 Å². The zero-order valence-corrected chi connectivity index (χ0v) is 28.9. The lowest BCUT2D eigenvalue weighted by Gasteiger charge is -2.28. The van der Waals surface area contributed by atoms with Gasteiger partial charge >= 0.3 is 0 Å². The number of alkyl halides is 1. The van der Waals surface area contributed by atoms with Crippen LogP contribution in [0.4, 0.5) is 4.39 Å². The Labute approximate surface area is 286 Å². The van der Waals surface area contributed by atoms with Crippen LogP contribution in [0.25, 0.3) is 10.8 Å². The number of hydrogen-bond acceptors (Lipinski definition) is 8. The van der Waals surface area contributed by atoms with Crippen LogP contribution in [0.1, 0.15) is 77.3 Å². The van der Waals surface area contributed by atoms with Crippen LogP contribution in [0.15, 0.2) is 36.4 Å². The van der Waals surface area contributed by atoms with Crippen LogP contribution in [-0.4, -0.2) is 78.3 Å². The van der Waals surface area contributed by atoms with Gasteiger partial charge in [-0.15, -0.1) is 0 Å². The monoisotopic (exact) mass is 696 g/mol. The van der Waals surface area contributed by atoms with Gasteiger partial charge < -0.3 is 19.7 Å². The number of aryl methyl sites for hydroxylation is 1. The van der Waals surface area contributed by atoms with E-state index in [0.717, 1.165) is 54.3 Å². The first-order chi connectivity index (χ1) is 23.4. The summed E-state index contributed by atoms with van der Waals surface area (Å²) in [5.41, 5.74) is -0.725. The van der Waals surface area contributed by atoms with E-state index in [1.165, 1.54) is 0 Å². The van der Waals surface area contributed by atoms with Crippen molar-refractivity contribution in [2.75, 3.05) is 19.8 Å². The molecule has 13 heteroatoms. The maximum absolute atomic E-state index is 14.2. The summed E-state index contributed by atoms with van der Waals surface area (Å²) < 4.78 is 52.8. The maximum Gasteiger partial charge on any atom is 0.259 e. The van der Waals surface area contributed by atoms with E-state index in [1.807, 2.05) is 43.3 Å². The summed E-state index contributed by atoms with van der Waals surface area (Å²) in [7, 11) is -4.30. The van der Waals surface area contributed by atoms with Crippen molar-refractivity contribution in [3.8, 4) is 11.6 Å². The number of hydrogen-bond donors (Lipinski definition) is 2. The van der Waals surface area contributed by atoms with Crippen molar-refractivity contribution in [1.82, 2.24) is 19.9 Å². The predicted molar refractivity (Wildman–Crippen MR) is 180 cm³/mol. The Bertz CT molecular complexity index is 1800. The number of amides is 3. The van der Waals surface area contributed by atoms with E-state index in [9.17, 15) is 27.2 Å². The Kier molecular flexibility index (Phi) is 8.85. The third kappa shape index (κ3) is 6.39. The van der Waals surface area contributed by atoms with Crippen LogP contribution >= 0.6 is 0 Å². The molecule has 0 unspecified atom stereocenters. The molecule has 0 radical (unpaired) electrons. The molecule has 3 fully saturated rings. The summed E-state index contributed by atoms with van der Waals surface area (Å²) in [6.45, 7) is 3.88. The van der Waals surface area contributed by atoms with Gasteiger partial charge in [0.1, 0.15) is 34.9 Å². The number of benzene rings is 1. The Morgan fingerprint density at radius 3 is 2.69 bits per heavy atom. The van der Waals surface area contributed by atoms with Gasteiger partial charge in [0, 0.05) is 29.5 Å². The number of ether oxygens (including phenoxy) is 2. The number of sulfonamides is 1. The number of rotatable bonds is 6. The molecule has 11 nitrogen and oxygen atoms in total. The lowest BCUT2D eigenvalue weighted by atomic mass is 9.91. The van der Waals surface area contributed by atoms with Crippen molar-refractivity contribution in [1.29, 1.82) is 0 Å². The van der Waals surface area contributed by atoms with Gasteiger partial charge in [-0.2, -0.15) is 0 Å². The SMILES string of the molecule is C[C@@H]1CC/C=C\[C@@H]2C[C@@]2(C(=O)NS(=O)(=O)C2(CF)CC2)NC(=O)[C@@H]2C[C@@H](Oc3nc4c(c5ccccc35)OCCC4)CN2C(=O)C[C@H](C)C1. The number of carbonyl (C=O) groups excluding carboxylic acids is 3. The molecule has 1 saturated heterocycles. The molecule has 2 saturated carbocycles. The number of pyridine rings is 1. The number of aromatic nitrogens is 1. The summed E-state index contributed by atoms with van der Waals surface area (Å²) in [5, 5.41) is 4.54. The topological polar surface area (TPSA) is 144 Å². The van der Waals surface area contributed by atoms with Gasteiger partial charge in [0.05, 0.1) is 18.8 Å². The van der Waals surface area contributed by atoms with Crippen molar-refractivity contribution >= 4 is 38.5 Å². The minimum absolute atomic E-state index is 0.0903. The van der Waals surface area contributed by atoms with Crippen LogP contribution in [0, 0.1) is 17.8 Å². The van der Waals surface area contributed by atoms with Gasteiger partial charge in [-0.1, -0.05) is 44.2 Å². The smallest absolute Gasteiger partial charge is 0.259 e. The lowest BCUT2D eigenvalue weighted by Crippen LogP contribution is -2.57. The van der Waals surface area contributed by atoms with Crippen molar-refractivity contribution in [3.05, 3.63) is 42.1 Å². The highest BCUT2D eigenvalue weighted by Crippen LogP contribution is 2.48. The van der Waals surface area contributed by atoms with Gasteiger partial charge in [0.25, 0.3) is 5.91 Å². The molecule has 2 aliphatic carbocycles. The Hall–Kier alpha value is -3.74. The number of carbonyl (C=O) groups is 3. The molecule has 3 aliphatic heterocycles. The molecule has 3 amide bonds. The molecule has 2 aromatic rings. The maximum atomic E-state index is 14.2. The number of fused-ring (bicyclic) bond motifs is 5. The second-order valence-electron chi connectivity index (χ2n) is 14.9. The zero-order valence-electron chi connectivity index (χ0n) is 28.1. The molecule has 2 N–H and O–H groups in total. The molecule has 7 rings (SSSR count). The van der Waals surface area contributed by atoms with Crippen molar-refractivity contribution in [2.45, 2.75) is 100 Å². The molecule has 0 bridgehead atoms. The average Bonchev–Trinajstić information content (AvgIpc) is 3.98. The molecule has 1 aromatic heterocycles. The van der Waals surface area contributed by atoms with Crippen LogP contribution in [0.5, 0.6) is 11.6 Å². The highest BCUT2D eigenvalue weighted by atomic mass is 32.2. The van der Waals surface area contributed by atoms with E-state index >= 15 is 0 Å². The fourth-order valence-electron chi connectivity index (χ4n) is 7.82. The molecule has 1 aromatic carbocycles. The van der Waals surface area contributed by atoms with Gasteiger partial charge in [-0.25, -0.2) is 17.8 Å². The van der Waals surface area contributed by atoms with E-state index in [4.69, 9.17) is 14.5 Å². The number of halogens is 1. The Morgan fingerprint density at radius 1 is 1.16 bits per heavy atom. The quantitative estimate of drug-likeness (QED) is 0.430. The molecular weight excluding hydrogens is 651 g/mol. The van der Waals surface area contributed by atoms with E-state index < -0.39 is 56.9 Å². The molecule has 5 aliphatic rings. The van der Waals surface area contributed by atoms with Gasteiger partial charge in [-0.05, 0) is 69.3 Å². The summed E-state index contributed by atoms with van der Waals surface area (Å²) in [6, 6.07) is 6.76. The minimum Gasteiger partial charge on any atom is -0.491 e. The van der Waals surface area contributed by atoms with Gasteiger partial charge in [0.15, 0.2) is 0 Å². The molecule has 6 atom stereocenters. The number of allylic oxidation sites excluding steroid dienone is 1. The van der Waals surface area contributed by atoms with E-state index in [1.54, 1.807) is 4.90 Å². The second-order valence-corrected chi connectivity index (χ2v) is 17.0. The van der Waals surface area contributed by atoms with E-state index in [2.05, 4.69) is 17.0 Å². The number of nitrogens with zero attached hydrogens (tertiary/aromatic N) is 2. The normalized spacial score (nSPS) is 31.9. The van der Waals surface area contributed by atoms with Crippen LogP contribution in [0.3, 0.4) is 0 Å². The summed E-state index contributed by atoms with van der Waals surface area (Å²) in [4.78, 5) is 48.2. The first-order valence-corrected chi connectivity index (χ1v) is 19.1. The van der Waals surface area contributed by atoms with Crippen molar-refractivity contribution in [3.63, 3.8) is 0 Å². The van der Waals surface area contributed by atoms with Crippen LogP contribution in [0.2, 0.25) is 0 Å². The zero-order chi connectivity index (χ0) is 34.6. The van der Waals surface area contributed by atoms with E-state index in [0.29, 0.717) is 18.4 Å².